The average Bonchev–Trinajstić information content (AvgIpc) is 2.08. The Hall–Kier alpha value is -0.960. The number of aryl methyl sites for hydroxylation is 1. The second-order valence-corrected chi connectivity index (χ2v) is 4.44. The van der Waals surface area contributed by atoms with Gasteiger partial charge in [0.2, 0.25) is 0 Å². The summed E-state index contributed by atoms with van der Waals surface area (Å²) in [6.45, 7) is 4.00. The van der Waals surface area contributed by atoms with Crippen molar-refractivity contribution < 1.29 is 0 Å². The van der Waals surface area contributed by atoms with Crippen molar-refractivity contribution in [1.29, 1.82) is 5.41 Å². The van der Waals surface area contributed by atoms with Crippen LogP contribution in [0.3, 0.4) is 0 Å². The lowest BCUT2D eigenvalue weighted by atomic mass is 10.2. The monoisotopic (exact) mass is 194 g/mol. The Balaban J connectivity index is 2.64. The van der Waals surface area contributed by atoms with Gasteiger partial charge in [0, 0.05) is 4.90 Å². The summed E-state index contributed by atoms with van der Waals surface area (Å²) < 4.78 is 0. The average molecular weight is 194 g/mol. The Morgan fingerprint density at radius 1 is 1.38 bits per heavy atom. The number of nitrogens with two attached hydrogens (primary N) is 1. The fourth-order valence-corrected chi connectivity index (χ4v) is 1.71. The molecule has 0 aromatic heterocycles. The molecule has 0 bridgehead atoms. The van der Waals surface area contributed by atoms with Crippen LogP contribution in [0.15, 0.2) is 29.2 Å². The predicted octanol–water partition coefficient (Wildman–Crippen LogP) is 2.41. The van der Waals surface area contributed by atoms with Crippen molar-refractivity contribution in [3.8, 4) is 0 Å². The number of hydrogen-bond acceptors (Lipinski definition) is 2. The molecule has 0 saturated carbocycles. The molecule has 1 atom stereocenters. The van der Waals surface area contributed by atoms with Gasteiger partial charge in [0.05, 0.1) is 5.25 Å². The van der Waals surface area contributed by atoms with Crippen molar-refractivity contribution in [3.05, 3.63) is 29.8 Å². The van der Waals surface area contributed by atoms with E-state index >= 15 is 0 Å². The molecule has 1 aromatic rings. The molecule has 0 fully saturated rings. The minimum Gasteiger partial charge on any atom is -0.387 e. The van der Waals surface area contributed by atoms with Crippen molar-refractivity contribution >= 4 is 17.6 Å². The van der Waals surface area contributed by atoms with Gasteiger partial charge in [-0.1, -0.05) is 17.7 Å². The van der Waals surface area contributed by atoms with E-state index in [1.807, 2.05) is 6.92 Å². The minimum atomic E-state index is 0.0581. The molecule has 3 heteroatoms. The third kappa shape index (κ3) is 3.11. The van der Waals surface area contributed by atoms with E-state index in [4.69, 9.17) is 11.1 Å². The largest absolute Gasteiger partial charge is 0.387 e. The van der Waals surface area contributed by atoms with E-state index in [2.05, 4.69) is 31.2 Å². The SMILES string of the molecule is Cc1ccc(SC(C)C(=N)N)cc1. The zero-order valence-electron chi connectivity index (χ0n) is 7.87. The van der Waals surface area contributed by atoms with Crippen LogP contribution in [-0.2, 0) is 0 Å². The van der Waals surface area contributed by atoms with Gasteiger partial charge in [-0.15, -0.1) is 11.8 Å². The number of nitrogens with one attached hydrogen (secondary N) is 1. The van der Waals surface area contributed by atoms with Crippen LogP contribution < -0.4 is 5.73 Å². The van der Waals surface area contributed by atoms with Crippen LogP contribution in [-0.4, -0.2) is 11.1 Å². The zero-order valence-corrected chi connectivity index (χ0v) is 8.69. The first-order chi connectivity index (χ1) is 6.09. The van der Waals surface area contributed by atoms with Crippen LogP contribution >= 0.6 is 11.8 Å². The molecule has 1 aromatic carbocycles. The van der Waals surface area contributed by atoms with Gasteiger partial charge in [0.15, 0.2) is 0 Å². The zero-order chi connectivity index (χ0) is 9.84. The molecule has 70 valence electrons. The van der Waals surface area contributed by atoms with E-state index in [1.54, 1.807) is 11.8 Å². The summed E-state index contributed by atoms with van der Waals surface area (Å²) in [5.41, 5.74) is 6.63. The summed E-state index contributed by atoms with van der Waals surface area (Å²) in [5.74, 6) is 0.227. The minimum absolute atomic E-state index is 0.0581. The maximum atomic E-state index is 7.25. The molecule has 0 saturated heterocycles. The van der Waals surface area contributed by atoms with Gasteiger partial charge in [-0.25, -0.2) is 0 Å². The first kappa shape index (κ1) is 10.1. The van der Waals surface area contributed by atoms with E-state index in [-0.39, 0.29) is 11.1 Å². The quantitative estimate of drug-likeness (QED) is 0.441. The Bertz CT molecular complexity index is 292. The third-order valence-corrected chi connectivity index (χ3v) is 2.92. The van der Waals surface area contributed by atoms with Crippen LogP contribution in [0.4, 0.5) is 0 Å². The van der Waals surface area contributed by atoms with Gasteiger partial charge in [0.1, 0.15) is 5.84 Å². The second-order valence-electron chi connectivity index (χ2n) is 3.03. The normalized spacial score (nSPS) is 12.5. The highest BCUT2D eigenvalue weighted by atomic mass is 32.2. The summed E-state index contributed by atoms with van der Waals surface area (Å²) in [6.07, 6.45) is 0. The number of hydrogen-bond donors (Lipinski definition) is 2. The lowest BCUT2D eigenvalue weighted by molar-refractivity contribution is 1.22. The number of rotatable bonds is 3. The highest BCUT2D eigenvalue weighted by Crippen LogP contribution is 2.22. The van der Waals surface area contributed by atoms with Crippen LogP contribution in [0, 0.1) is 12.3 Å². The van der Waals surface area contributed by atoms with Gasteiger partial charge in [0.25, 0.3) is 0 Å². The molecule has 0 amide bonds. The van der Waals surface area contributed by atoms with Crippen molar-refractivity contribution in [2.24, 2.45) is 5.73 Å². The molecule has 2 nitrogen and oxygen atoms in total. The van der Waals surface area contributed by atoms with E-state index in [0.717, 1.165) is 4.90 Å². The standard InChI is InChI=1S/C10H14N2S/c1-7-3-5-9(6-4-7)13-8(2)10(11)12/h3-6,8H,1-2H3,(H3,11,12). The molecule has 1 rings (SSSR count). The Morgan fingerprint density at radius 3 is 2.38 bits per heavy atom. The summed E-state index contributed by atoms with van der Waals surface area (Å²) >= 11 is 1.61. The number of benzene rings is 1. The second kappa shape index (κ2) is 4.33. The van der Waals surface area contributed by atoms with Crippen molar-refractivity contribution in [2.75, 3.05) is 0 Å². The van der Waals surface area contributed by atoms with E-state index < -0.39 is 0 Å². The molecule has 0 aliphatic rings. The summed E-state index contributed by atoms with van der Waals surface area (Å²) in [6, 6.07) is 8.24. The Morgan fingerprint density at radius 2 is 1.92 bits per heavy atom. The van der Waals surface area contributed by atoms with Gasteiger partial charge in [-0.2, -0.15) is 0 Å². The fraction of sp³-hybridized carbons (Fsp3) is 0.300. The first-order valence-electron chi connectivity index (χ1n) is 4.17. The molecule has 1 unspecified atom stereocenters. The first-order valence-corrected chi connectivity index (χ1v) is 5.05. The Labute approximate surface area is 83.0 Å². The van der Waals surface area contributed by atoms with Crippen LogP contribution in [0.25, 0.3) is 0 Å². The summed E-state index contributed by atoms with van der Waals surface area (Å²) in [7, 11) is 0. The highest BCUT2D eigenvalue weighted by Gasteiger charge is 2.06. The molecule has 3 N–H and O–H groups in total. The van der Waals surface area contributed by atoms with Crippen LogP contribution in [0.5, 0.6) is 0 Å². The third-order valence-electron chi connectivity index (χ3n) is 1.77. The lowest BCUT2D eigenvalue weighted by Gasteiger charge is -2.08. The van der Waals surface area contributed by atoms with E-state index in [1.165, 1.54) is 5.56 Å². The van der Waals surface area contributed by atoms with E-state index in [9.17, 15) is 0 Å². The van der Waals surface area contributed by atoms with Gasteiger partial charge in [-0.3, -0.25) is 5.41 Å². The number of amidine groups is 1. The number of thioether (sulfide) groups is 1. The van der Waals surface area contributed by atoms with Crippen molar-refractivity contribution in [3.63, 3.8) is 0 Å². The van der Waals surface area contributed by atoms with Gasteiger partial charge in [-0.05, 0) is 26.0 Å². The highest BCUT2D eigenvalue weighted by molar-refractivity contribution is 8.00. The van der Waals surface area contributed by atoms with E-state index in [0.29, 0.717) is 0 Å². The molecule has 13 heavy (non-hydrogen) atoms. The molecule has 0 aliphatic heterocycles. The summed E-state index contributed by atoms with van der Waals surface area (Å²) in [4.78, 5) is 1.16. The molecule has 0 heterocycles. The fourth-order valence-electron chi connectivity index (χ4n) is 0.884. The van der Waals surface area contributed by atoms with Crippen LogP contribution in [0.1, 0.15) is 12.5 Å². The lowest BCUT2D eigenvalue weighted by Crippen LogP contribution is -2.21. The van der Waals surface area contributed by atoms with Crippen molar-refractivity contribution in [2.45, 2.75) is 24.0 Å². The Kier molecular flexibility index (Phi) is 3.37. The van der Waals surface area contributed by atoms with Gasteiger partial charge >= 0.3 is 0 Å². The van der Waals surface area contributed by atoms with Gasteiger partial charge < -0.3 is 5.73 Å². The topological polar surface area (TPSA) is 49.9 Å². The molecular formula is C10H14N2S. The molecule has 0 aliphatic carbocycles. The van der Waals surface area contributed by atoms with Crippen molar-refractivity contribution in [1.82, 2.24) is 0 Å². The van der Waals surface area contributed by atoms with Crippen LogP contribution in [0.2, 0.25) is 0 Å². The molecule has 0 radical (unpaired) electrons. The molecule has 0 spiro atoms. The smallest absolute Gasteiger partial charge is 0.104 e. The summed E-state index contributed by atoms with van der Waals surface area (Å²) in [5, 5.41) is 7.31. The maximum Gasteiger partial charge on any atom is 0.104 e. The predicted molar refractivity (Wildman–Crippen MR) is 58.4 cm³/mol. The molecular weight excluding hydrogens is 180 g/mol. The maximum absolute atomic E-state index is 7.25.